The molecule has 5 rings (SSSR count). The molecule has 41 heavy (non-hydrogen) atoms. The molecule has 1 fully saturated rings. The van der Waals surface area contributed by atoms with Gasteiger partial charge in [-0.15, -0.1) is 11.3 Å². The van der Waals surface area contributed by atoms with Gasteiger partial charge in [0.15, 0.2) is 0 Å². The second kappa shape index (κ2) is 14.2. The quantitative estimate of drug-likeness (QED) is 0.0900. The van der Waals surface area contributed by atoms with Crippen LogP contribution in [0.25, 0.3) is 10.9 Å². The van der Waals surface area contributed by atoms with Crippen molar-refractivity contribution in [3.63, 3.8) is 0 Å². The Hall–Kier alpha value is -3.87. The fourth-order valence-corrected chi connectivity index (χ4v) is 5.69. The van der Waals surface area contributed by atoms with Crippen molar-refractivity contribution in [1.29, 1.82) is 0 Å². The van der Waals surface area contributed by atoms with E-state index in [9.17, 15) is 15.2 Å². The van der Waals surface area contributed by atoms with Crippen molar-refractivity contribution in [2.45, 2.75) is 25.8 Å². The van der Waals surface area contributed by atoms with Gasteiger partial charge < -0.3 is 20.9 Å². The van der Waals surface area contributed by atoms with E-state index in [4.69, 9.17) is 0 Å². The van der Waals surface area contributed by atoms with Crippen LogP contribution in [0.2, 0.25) is 0 Å². The van der Waals surface area contributed by atoms with Crippen LogP contribution >= 0.6 is 11.3 Å². The zero-order valence-corrected chi connectivity index (χ0v) is 23.6. The fraction of sp³-hybridized carbons (Fsp3) is 0.300. The van der Waals surface area contributed by atoms with Gasteiger partial charge in [-0.3, -0.25) is 25.2 Å². The molecule has 1 saturated heterocycles. The van der Waals surface area contributed by atoms with Crippen LogP contribution in [0.3, 0.4) is 0 Å². The Balaban J connectivity index is 1.21. The zero-order chi connectivity index (χ0) is 28.4. The van der Waals surface area contributed by atoms with Gasteiger partial charge in [-0.25, -0.2) is 0 Å². The van der Waals surface area contributed by atoms with E-state index in [0.29, 0.717) is 35.2 Å². The summed E-state index contributed by atoms with van der Waals surface area (Å²) >= 11 is 1.37. The SMILES string of the molecule is O=C(Nc1cccc(NC(CN(O)O)=NCCN2CCCCC2)c1)c1sccc1NCc1ccnc2ccccc12. The summed E-state index contributed by atoms with van der Waals surface area (Å²) in [4.78, 5) is 25.2. The summed E-state index contributed by atoms with van der Waals surface area (Å²) in [5, 5.41) is 31.5. The molecule has 1 aliphatic rings. The van der Waals surface area contributed by atoms with Crippen LogP contribution in [0.15, 0.2) is 77.2 Å². The van der Waals surface area contributed by atoms with Gasteiger partial charge in [0.05, 0.1) is 17.7 Å². The average Bonchev–Trinajstić information content (AvgIpc) is 3.45. The predicted octanol–water partition coefficient (Wildman–Crippen LogP) is 5.54. The van der Waals surface area contributed by atoms with Crippen LogP contribution in [0.4, 0.5) is 17.1 Å². The lowest BCUT2D eigenvalue weighted by molar-refractivity contribution is -0.296. The summed E-state index contributed by atoms with van der Waals surface area (Å²) in [6.45, 7) is 3.92. The number of nitrogens with zero attached hydrogens (tertiary/aromatic N) is 4. The average molecular weight is 574 g/mol. The predicted molar refractivity (Wildman–Crippen MR) is 164 cm³/mol. The zero-order valence-electron chi connectivity index (χ0n) is 22.8. The Bertz CT molecular complexity index is 1480. The van der Waals surface area contributed by atoms with Crippen LogP contribution < -0.4 is 16.0 Å². The topological polar surface area (TPSA) is 125 Å². The maximum Gasteiger partial charge on any atom is 0.267 e. The molecule has 3 heterocycles. The van der Waals surface area contributed by atoms with Crippen LogP contribution in [0.1, 0.15) is 34.5 Å². The molecule has 2 aromatic heterocycles. The molecule has 0 aliphatic carbocycles. The maximum absolute atomic E-state index is 13.2. The molecule has 1 amide bonds. The van der Waals surface area contributed by atoms with Crippen LogP contribution in [0, 0.1) is 0 Å². The number of fused-ring (bicyclic) bond motifs is 1. The van der Waals surface area contributed by atoms with Crippen molar-refractivity contribution in [2.75, 3.05) is 48.7 Å². The number of nitrogens with one attached hydrogen (secondary N) is 3. The highest BCUT2D eigenvalue weighted by Gasteiger charge is 2.15. The molecular weight excluding hydrogens is 538 g/mol. The Labute approximate surface area is 243 Å². The molecule has 0 bridgehead atoms. The summed E-state index contributed by atoms with van der Waals surface area (Å²) in [5.41, 5.74) is 4.08. The van der Waals surface area contributed by atoms with Gasteiger partial charge in [-0.2, -0.15) is 0 Å². The summed E-state index contributed by atoms with van der Waals surface area (Å²) in [6, 6.07) is 19.1. The molecular formula is C30H35N7O3S. The molecule has 4 aromatic rings. The number of anilines is 3. The van der Waals surface area contributed by atoms with E-state index in [2.05, 4.69) is 30.8 Å². The molecule has 2 aromatic carbocycles. The number of amidine groups is 1. The molecule has 0 atom stereocenters. The molecule has 11 heteroatoms. The summed E-state index contributed by atoms with van der Waals surface area (Å²) in [6.07, 6.45) is 5.49. The monoisotopic (exact) mass is 573 g/mol. The number of amides is 1. The minimum atomic E-state index is -0.216. The molecule has 214 valence electrons. The second-order valence-electron chi connectivity index (χ2n) is 9.93. The standard InChI is InChI=1S/C30H35N7O3S/c38-30(29-27(12-18-41-29)33-20-22-11-13-31-26-10-3-2-9-25(22)26)35-24-8-6-7-23(19-24)34-28(21-37(39)40)32-14-17-36-15-4-1-5-16-36/h2-3,6-13,18-19,33,39-40H,1,4-5,14-17,20-21H2,(H,32,34)(H,35,38). The minimum absolute atomic E-state index is 0.110. The van der Waals surface area contributed by atoms with Gasteiger partial charge in [-0.1, -0.05) is 35.9 Å². The van der Waals surface area contributed by atoms with Crippen molar-refractivity contribution in [2.24, 2.45) is 4.99 Å². The first-order valence-electron chi connectivity index (χ1n) is 13.8. The molecule has 0 spiro atoms. The lowest BCUT2D eigenvalue weighted by atomic mass is 10.1. The van der Waals surface area contributed by atoms with E-state index in [0.717, 1.165) is 41.8 Å². The van der Waals surface area contributed by atoms with Gasteiger partial charge in [-0.05, 0) is 73.3 Å². The molecule has 1 aliphatic heterocycles. The van der Waals surface area contributed by atoms with Gasteiger partial charge >= 0.3 is 0 Å². The smallest absolute Gasteiger partial charge is 0.267 e. The Kier molecular flexibility index (Phi) is 9.89. The number of aromatic nitrogens is 1. The summed E-state index contributed by atoms with van der Waals surface area (Å²) in [5.74, 6) is 0.204. The van der Waals surface area contributed by atoms with Crippen molar-refractivity contribution >= 4 is 51.0 Å². The lowest BCUT2D eigenvalue weighted by Gasteiger charge is -2.25. The number of benzene rings is 2. The molecule has 0 saturated carbocycles. The number of para-hydroxylation sites is 1. The number of aliphatic imine (C=N–C) groups is 1. The number of carbonyl (C=O) groups excluding carboxylic acids is 1. The highest BCUT2D eigenvalue weighted by Crippen LogP contribution is 2.26. The molecule has 5 N–H and O–H groups in total. The summed E-state index contributed by atoms with van der Waals surface area (Å²) < 4.78 is 0. The summed E-state index contributed by atoms with van der Waals surface area (Å²) in [7, 11) is 0. The van der Waals surface area contributed by atoms with Crippen LogP contribution in [-0.4, -0.2) is 70.0 Å². The van der Waals surface area contributed by atoms with Gasteiger partial charge in [0, 0.05) is 36.0 Å². The molecule has 0 radical (unpaired) electrons. The van der Waals surface area contributed by atoms with Gasteiger partial charge in [0.25, 0.3) is 5.91 Å². The highest BCUT2D eigenvalue weighted by atomic mass is 32.1. The number of hydrogen-bond donors (Lipinski definition) is 5. The third kappa shape index (κ3) is 8.09. The van der Waals surface area contributed by atoms with E-state index >= 15 is 0 Å². The third-order valence-electron chi connectivity index (χ3n) is 6.95. The molecule has 0 unspecified atom stereocenters. The van der Waals surface area contributed by atoms with Gasteiger partial charge in [0.1, 0.15) is 17.3 Å². The van der Waals surface area contributed by atoms with E-state index in [1.807, 2.05) is 60.0 Å². The Morgan fingerprint density at radius 2 is 1.80 bits per heavy atom. The van der Waals surface area contributed by atoms with Crippen molar-refractivity contribution < 1.29 is 15.2 Å². The maximum atomic E-state index is 13.2. The lowest BCUT2D eigenvalue weighted by Crippen LogP contribution is -2.33. The number of rotatable bonds is 11. The van der Waals surface area contributed by atoms with Crippen molar-refractivity contribution in [1.82, 2.24) is 15.1 Å². The Morgan fingerprint density at radius 3 is 2.63 bits per heavy atom. The van der Waals surface area contributed by atoms with Crippen LogP contribution in [0.5, 0.6) is 0 Å². The van der Waals surface area contributed by atoms with Crippen molar-refractivity contribution in [3.8, 4) is 0 Å². The minimum Gasteiger partial charge on any atom is -0.380 e. The number of hydroxylamine groups is 2. The normalized spacial score (nSPS) is 14.4. The first-order chi connectivity index (χ1) is 20.0. The number of carbonyl (C=O) groups is 1. The van der Waals surface area contributed by atoms with E-state index in [1.54, 1.807) is 12.3 Å². The van der Waals surface area contributed by atoms with Crippen LogP contribution in [-0.2, 0) is 6.54 Å². The number of pyridine rings is 1. The first-order valence-corrected chi connectivity index (χ1v) is 14.7. The second-order valence-corrected chi connectivity index (χ2v) is 10.8. The Morgan fingerprint density at radius 1 is 1.00 bits per heavy atom. The van der Waals surface area contributed by atoms with Gasteiger partial charge in [0.2, 0.25) is 0 Å². The third-order valence-corrected chi connectivity index (χ3v) is 7.86. The number of piperidine rings is 1. The van der Waals surface area contributed by atoms with E-state index in [1.165, 1.54) is 30.6 Å². The van der Waals surface area contributed by atoms with E-state index in [-0.39, 0.29) is 17.7 Å². The molecule has 10 nitrogen and oxygen atoms in total. The van der Waals surface area contributed by atoms with Crippen molar-refractivity contribution in [3.05, 3.63) is 82.7 Å². The highest BCUT2D eigenvalue weighted by molar-refractivity contribution is 7.12. The number of hydrogen-bond acceptors (Lipinski definition) is 9. The van der Waals surface area contributed by atoms with E-state index < -0.39 is 0 Å². The number of likely N-dealkylation sites (tertiary alicyclic amines) is 1. The first kappa shape index (κ1) is 28.7. The largest absolute Gasteiger partial charge is 0.380 e. The number of thiophene rings is 1. The fourth-order valence-electron chi connectivity index (χ4n) is 4.93.